The summed E-state index contributed by atoms with van der Waals surface area (Å²) in [7, 11) is 0. The standard InChI is InChI=1S/C12H12N2O4S/c13-10(19)5-18-9-3-1-2-8(4-9)14-11(15)6-17-7-12(14)16/h1-4H,5-7H2,(H2,13,19). The van der Waals surface area contributed by atoms with Crippen LogP contribution in [0.15, 0.2) is 24.3 Å². The second-order valence-electron chi connectivity index (χ2n) is 3.87. The summed E-state index contributed by atoms with van der Waals surface area (Å²) in [6, 6.07) is 6.60. The number of hydrogen-bond acceptors (Lipinski definition) is 5. The Hall–Kier alpha value is -1.99. The van der Waals surface area contributed by atoms with Gasteiger partial charge in [-0.15, -0.1) is 0 Å². The minimum absolute atomic E-state index is 0.101. The Balaban J connectivity index is 2.19. The zero-order chi connectivity index (χ0) is 13.8. The molecular formula is C12H12N2O4S. The fraction of sp³-hybridized carbons (Fsp3) is 0.250. The first-order valence-corrected chi connectivity index (χ1v) is 5.93. The Morgan fingerprint density at radius 2 is 2.05 bits per heavy atom. The van der Waals surface area contributed by atoms with E-state index in [1.165, 1.54) is 0 Å². The van der Waals surface area contributed by atoms with Gasteiger partial charge in [-0.2, -0.15) is 0 Å². The molecule has 0 spiro atoms. The number of imide groups is 1. The molecule has 0 bridgehead atoms. The van der Waals surface area contributed by atoms with Crippen molar-refractivity contribution in [1.82, 2.24) is 0 Å². The number of nitrogens with two attached hydrogens (primary N) is 1. The van der Waals surface area contributed by atoms with Gasteiger partial charge >= 0.3 is 0 Å². The van der Waals surface area contributed by atoms with Gasteiger partial charge in [-0.1, -0.05) is 18.3 Å². The predicted molar refractivity (Wildman–Crippen MR) is 72.0 cm³/mol. The van der Waals surface area contributed by atoms with Gasteiger partial charge in [0.2, 0.25) is 0 Å². The molecular weight excluding hydrogens is 268 g/mol. The molecule has 1 aliphatic heterocycles. The normalized spacial score (nSPS) is 15.5. The minimum atomic E-state index is -0.400. The number of thiocarbonyl (C=S) groups is 1. The van der Waals surface area contributed by atoms with E-state index < -0.39 is 11.8 Å². The van der Waals surface area contributed by atoms with E-state index in [0.717, 1.165) is 4.90 Å². The van der Waals surface area contributed by atoms with Gasteiger partial charge in [0, 0.05) is 6.07 Å². The summed E-state index contributed by atoms with van der Waals surface area (Å²) in [6.07, 6.45) is 0. The molecule has 2 rings (SSSR count). The van der Waals surface area contributed by atoms with Gasteiger partial charge in [-0.25, -0.2) is 4.90 Å². The monoisotopic (exact) mass is 280 g/mol. The number of rotatable bonds is 4. The van der Waals surface area contributed by atoms with Crippen molar-refractivity contribution in [1.29, 1.82) is 0 Å². The van der Waals surface area contributed by atoms with Crippen LogP contribution in [0.4, 0.5) is 5.69 Å². The lowest BCUT2D eigenvalue weighted by Gasteiger charge is -2.25. The largest absolute Gasteiger partial charge is 0.486 e. The Bertz CT molecular complexity index is 516. The Kier molecular flexibility index (Phi) is 4.08. The first kappa shape index (κ1) is 13.4. The van der Waals surface area contributed by atoms with Gasteiger partial charge in [-0.3, -0.25) is 9.59 Å². The first-order chi connectivity index (χ1) is 9.08. The van der Waals surface area contributed by atoms with Crippen molar-refractivity contribution in [2.24, 2.45) is 5.73 Å². The van der Waals surface area contributed by atoms with Crippen LogP contribution in [0.3, 0.4) is 0 Å². The minimum Gasteiger partial charge on any atom is -0.486 e. The van der Waals surface area contributed by atoms with Crippen molar-refractivity contribution in [3.63, 3.8) is 0 Å². The molecule has 6 nitrogen and oxygen atoms in total. The summed E-state index contributed by atoms with van der Waals surface area (Å²) in [5.74, 6) is -0.317. The second-order valence-corrected chi connectivity index (χ2v) is 4.39. The quantitative estimate of drug-likeness (QED) is 0.628. The smallest absolute Gasteiger partial charge is 0.259 e. The topological polar surface area (TPSA) is 81.9 Å². The molecule has 0 saturated carbocycles. The number of ether oxygens (including phenoxy) is 2. The van der Waals surface area contributed by atoms with Crippen LogP contribution in [0, 0.1) is 0 Å². The molecule has 1 aromatic rings. The van der Waals surface area contributed by atoms with Crippen LogP contribution in [0.25, 0.3) is 0 Å². The SMILES string of the molecule is NC(=S)COc1cccc(N2C(=O)COCC2=O)c1. The molecule has 1 aromatic carbocycles. The van der Waals surface area contributed by atoms with E-state index in [2.05, 4.69) is 0 Å². The first-order valence-electron chi connectivity index (χ1n) is 5.52. The second kappa shape index (κ2) is 5.77. The molecule has 0 unspecified atom stereocenters. The van der Waals surface area contributed by atoms with E-state index in [-0.39, 0.29) is 24.8 Å². The Morgan fingerprint density at radius 1 is 1.37 bits per heavy atom. The maximum atomic E-state index is 11.7. The summed E-state index contributed by atoms with van der Waals surface area (Å²) < 4.78 is 10.2. The van der Waals surface area contributed by atoms with Crippen LogP contribution in [-0.4, -0.2) is 36.6 Å². The van der Waals surface area contributed by atoms with Crippen LogP contribution in [-0.2, 0) is 14.3 Å². The summed E-state index contributed by atoms with van der Waals surface area (Å²) in [6.45, 7) is -0.114. The highest BCUT2D eigenvalue weighted by Crippen LogP contribution is 2.23. The molecule has 19 heavy (non-hydrogen) atoms. The lowest BCUT2D eigenvalue weighted by Crippen LogP contribution is -2.46. The molecule has 0 radical (unpaired) electrons. The maximum absolute atomic E-state index is 11.7. The van der Waals surface area contributed by atoms with Crippen molar-refractivity contribution >= 4 is 34.7 Å². The van der Waals surface area contributed by atoms with E-state index >= 15 is 0 Å². The number of carbonyl (C=O) groups excluding carboxylic acids is 2. The van der Waals surface area contributed by atoms with E-state index in [1.807, 2.05) is 0 Å². The molecule has 2 amide bonds. The van der Waals surface area contributed by atoms with E-state index in [4.69, 9.17) is 27.4 Å². The third-order valence-corrected chi connectivity index (χ3v) is 2.52. The summed E-state index contributed by atoms with van der Waals surface area (Å²) >= 11 is 4.71. The third kappa shape index (κ3) is 3.27. The van der Waals surface area contributed by atoms with Crippen molar-refractivity contribution in [3.8, 4) is 5.75 Å². The zero-order valence-electron chi connectivity index (χ0n) is 10.00. The molecule has 1 aliphatic rings. The molecule has 2 N–H and O–H groups in total. The number of hydrogen-bond donors (Lipinski definition) is 1. The zero-order valence-corrected chi connectivity index (χ0v) is 10.8. The van der Waals surface area contributed by atoms with Crippen molar-refractivity contribution < 1.29 is 19.1 Å². The predicted octanol–water partition coefficient (Wildman–Crippen LogP) is 0.241. The number of anilines is 1. The highest BCUT2D eigenvalue weighted by Gasteiger charge is 2.28. The molecule has 0 aromatic heterocycles. The Morgan fingerprint density at radius 3 is 2.68 bits per heavy atom. The Labute approximate surface area is 115 Å². The number of amides is 2. The molecule has 0 aliphatic carbocycles. The van der Waals surface area contributed by atoms with E-state index in [0.29, 0.717) is 11.4 Å². The van der Waals surface area contributed by atoms with Gasteiger partial charge in [0.1, 0.15) is 30.6 Å². The molecule has 1 saturated heterocycles. The molecule has 1 heterocycles. The summed E-state index contributed by atoms with van der Waals surface area (Å²) in [5, 5.41) is 0. The fourth-order valence-electron chi connectivity index (χ4n) is 1.65. The maximum Gasteiger partial charge on any atom is 0.259 e. The third-order valence-electron chi connectivity index (χ3n) is 2.41. The average molecular weight is 280 g/mol. The van der Waals surface area contributed by atoms with E-state index in [1.54, 1.807) is 24.3 Å². The van der Waals surface area contributed by atoms with Gasteiger partial charge in [-0.05, 0) is 12.1 Å². The van der Waals surface area contributed by atoms with Crippen LogP contribution >= 0.6 is 12.2 Å². The van der Waals surface area contributed by atoms with E-state index in [9.17, 15) is 9.59 Å². The van der Waals surface area contributed by atoms with Crippen LogP contribution in [0.5, 0.6) is 5.75 Å². The molecule has 1 fully saturated rings. The van der Waals surface area contributed by atoms with Crippen LogP contribution < -0.4 is 15.4 Å². The molecule has 7 heteroatoms. The average Bonchev–Trinajstić information content (AvgIpc) is 2.37. The molecule has 0 atom stereocenters. The van der Waals surface area contributed by atoms with Gasteiger partial charge in [0.05, 0.1) is 5.69 Å². The number of benzene rings is 1. The van der Waals surface area contributed by atoms with Crippen molar-refractivity contribution in [2.45, 2.75) is 0 Å². The number of nitrogens with zero attached hydrogens (tertiary/aromatic N) is 1. The lowest BCUT2D eigenvalue weighted by molar-refractivity contribution is -0.138. The molecule has 100 valence electrons. The highest BCUT2D eigenvalue weighted by atomic mass is 32.1. The van der Waals surface area contributed by atoms with Gasteiger partial charge in [0.25, 0.3) is 11.8 Å². The summed E-state index contributed by atoms with van der Waals surface area (Å²) in [4.78, 5) is 24.7. The summed E-state index contributed by atoms with van der Waals surface area (Å²) in [5.41, 5.74) is 5.78. The van der Waals surface area contributed by atoms with Crippen molar-refractivity contribution in [3.05, 3.63) is 24.3 Å². The highest BCUT2D eigenvalue weighted by molar-refractivity contribution is 7.80. The lowest BCUT2D eigenvalue weighted by atomic mass is 10.2. The number of carbonyl (C=O) groups is 2. The fourth-order valence-corrected chi connectivity index (χ4v) is 1.71. The number of morpholine rings is 1. The van der Waals surface area contributed by atoms with Crippen LogP contribution in [0.2, 0.25) is 0 Å². The van der Waals surface area contributed by atoms with Crippen molar-refractivity contribution in [2.75, 3.05) is 24.7 Å². The van der Waals surface area contributed by atoms with Crippen LogP contribution in [0.1, 0.15) is 0 Å². The van der Waals surface area contributed by atoms with Gasteiger partial charge in [0.15, 0.2) is 0 Å². The van der Waals surface area contributed by atoms with Gasteiger partial charge < -0.3 is 15.2 Å².